The van der Waals surface area contributed by atoms with Gasteiger partial charge in [0.1, 0.15) is 5.82 Å². The summed E-state index contributed by atoms with van der Waals surface area (Å²) >= 11 is 0. The summed E-state index contributed by atoms with van der Waals surface area (Å²) in [5, 5.41) is 5.22. The first-order chi connectivity index (χ1) is 11.1. The van der Waals surface area contributed by atoms with Gasteiger partial charge in [-0.1, -0.05) is 48.5 Å². The molecule has 0 radical (unpaired) electrons. The van der Waals surface area contributed by atoms with Crippen LogP contribution in [0, 0.1) is 5.82 Å². The Morgan fingerprint density at radius 3 is 2.30 bits per heavy atom. The van der Waals surface area contributed by atoms with Crippen LogP contribution in [0.4, 0.5) is 4.39 Å². The molecule has 0 aromatic heterocycles. The van der Waals surface area contributed by atoms with Crippen LogP contribution >= 0.6 is 0 Å². The minimum Gasteiger partial charge on any atom is -0.354 e. The van der Waals surface area contributed by atoms with E-state index >= 15 is 0 Å². The van der Waals surface area contributed by atoms with Crippen LogP contribution in [0.2, 0.25) is 0 Å². The fraction of sp³-hybridized carbons (Fsp3) is 0.222. The average Bonchev–Trinajstić information content (AvgIpc) is 2.56. The molecule has 0 spiro atoms. The van der Waals surface area contributed by atoms with Crippen molar-refractivity contribution in [1.29, 1.82) is 0 Å². The molecule has 2 aromatic rings. The SMILES string of the molecule is O=C(CNC(=O)Cc1ccccc1)NCCc1ccccc1F. The lowest BCUT2D eigenvalue weighted by atomic mass is 10.1. The highest BCUT2D eigenvalue weighted by Gasteiger charge is 2.07. The predicted octanol–water partition coefficient (Wildman–Crippen LogP) is 1.84. The standard InChI is InChI=1S/C18H19FN2O2/c19-16-9-5-4-8-15(16)10-11-20-18(23)13-21-17(22)12-14-6-2-1-3-7-14/h1-9H,10-13H2,(H,20,23)(H,21,22). The van der Waals surface area contributed by atoms with Crippen molar-refractivity contribution >= 4 is 11.8 Å². The van der Waals surface area contributed by atoms with Crippen LogP contribution in [0.25, 0.3) is 0 Å². The zero-order chi connectivity index (χ0) is 16.5. The maximum atomic E-state index is 13.4. The van der Waals surface area contributed by atoms with Gasteiger partial charge in [-0.3, -0.25) is 9.59 Å². The molecule has 0 heterocycles. The van der Waals surface area contributed by atoms with E-state index in [9.17, 15) is 14.0 Å². The molecule has 0 unspecified atom stereocenters. The van der Waals surface area contributed by atoms with Crippen molar-refractivity contribution in [2.45, 2.75) is 12.8 Å². The zero-order valence-electron chi connectivity index (χ0n) is 12.7. The van der Waals surface area contributed by atoms with E-state index in [2.05, 4.69) is 10.6 Å². The Kier molecular flexibility index (Phi) is 6.29. The van der Waals surface area contributed by atoms with Gasteiger partial charge < -0.3 is 10.6 Å². The summed E-state index contributed by atoms with van der Waals surface area (Å²) in [5.41, 5.74) is 1.45. The number of carbonyl (C=O) groups excluding carboxylic acids is 2. The minimum atomic E-state index is -0.289. The molecule has 0 atom stereocenters. The Morgan fingerprint density at radius 2 is 1.57 bits per heavy atom. The molecule has 5 heteroatoms. The quantitative estimate of drug-likeness (QED) is 0.819. The Balaban J connectivity index is 1.65. The number of rotatable bonds is 7. The molecule has 0 aliphatic rings. The first-order valence-corrected chi connectivity index (χ1v) is 7.46. The van der Waals surface area contributed by atoms with Gasteiger partial charge >= 0.3 is 0 Å². The lowest BCUT2D eigenvalue weighted by molar-refractivity contribution is -0.125. The number of hydrogen-bond donors (Lipinski definition) is 2. The van der Waals surface area contributed by atoms with Gasteiger partial charge in [0, 0.05) is 6.54 Å². The molecular formula is C18H19FN2O2. The van der Waals surface area contributed by atoms with Gasteiger partial charge in [-0.15, -0.1) is 0 Å². The van der Waals surface area contributed by atoms with Gasteiger partial charge in [-0.2, -0.15) is 0 Å². The zero-order valence-corrected chi connectivity index (χ0v) is 12.7. The predicted molar refractivity (Wildman–Crippen MR) is 86.3 cm³/mol. The number of amides is 2. The molecule has 0 aliphatic heterocycles. The van der Waals surface area contributed by atoms with E-state index in [1.165, 1.54) is 6.07 Å². The van der Waals surface area contributed by atoms with Crippen LogP contribution in [0.1, 0.15) is 11.1 Å². The summed E-state index contributed by atoms with van der Waals surface area (Å²) < 4.78 is 13.4. The lowest BCUT2D eigenvalue weighted by Crippen LogP contribution is -2.38. The second-order valence-corrected chi connectivity index (χ2v) is 5.13. The van der Waals surface area contributed by atoms with Gasteiger partial charge in [0.15, 0.2) is 0 Å². The van der Waals surface area contributed by atoms with Crippen molar-refractivity contribution in [3.63, 3.8) is 0 Å². The fourth-order valence-electron chi connectivity index (χ4n) is 2.12. The van der Waals surface area contributed by atoms with Gasteiger partial charge in [0.25, 0.3) is 0 Å². The molecule has 2 rings (SSSR count). The van der Waals surface area contributed by atoms with Gasteiger partial charge in [-0.05, 0) is 23.6 Å². The smallest absolute Gasteiger partial charge is 0.239 e. The first-order valence-electron chi connectivity index (χ1n) is 7.46. The Bertz CT molecular complexity index is 659. The van der Waals surface area contributed by atoms with Crippen molar-refractivity contribution in [1.82, 2.24) is 10.6 Å². The van der Waals surface area contributed by atoms with Crippen molar-refractivity contribution in [2.75, 3.05) is 13.1 Å². The van der Waals surface area contributed by atoms with Gasteiger partial charge in [0.05, 0.1) is 13.0 Å². The van der Waals surface area contributed by atoms with Crippen molar-refractivity contribution in [3.05, 3.63) is 71.5 Å². The highest BCUT2D eigenvalue weighted by atomic mass is 19.1. The van der Waals surface area contributed by atoms with Crippen molar-refractivity contribution in [3.8, 4) is 0 Å². The van der Waals surface area contributed by atoms with Crippen LogP contribution in [0.3, 0.4) is 0 Å². The topological polar surface area (TPSA) is 58.2 Å². The average molecular weight is 314 g/mol. The van der Waals surface area contributed by atoms with Crippen molar-refractivity contribution in [2.24, 2.45) is 0 Å². The second kappa shape index (κ2) is 8.68. The molecular weight excluding hydrogens is 295 g/mol. The summed E-state index contributed by atoms with van der Waals surface area (Å²) in [6.07, 6.45) is 0.653. The van der Waals surface area contributed by atoms with E-state index in [-0.39, 0.29) is 30.6 Å². The van der Waals surface area contributed by atoms with E-state index < -0.39 is 0 Å². The normalized spacial score (nSPS) is 10.1. The van der Waals surface area contributed by atoms with E-state index in [1.54, 1.807) is 18.2 Å². The molecule has 4 nitrogen and oxygen atoms in total. The summed E-state index contributed by atoms with van der Waals surface area (Å²) in [5.74, 6) is -0.777. The number of halogens is 1. The third-order valence-corrected chi connectivity index (χ3v) is 3.33. The van der Waals surface area contributed by atoms with Crippen LogP contribution in [0.5, 0.6) is 0 Å². The third-order valence-electron chi connectivity index (χ3n) is 3.33. The number of nitrogens with one attached hydrogen (secondary N) is 2. The molecule has 0 aliphatic carbocycles. The number of benzene rings is 2. The molecule has 0 saturated heterocycles. The van der Waals surface area contributed by atoms with Crippen LogP contribution in [0.15, 0.2) is 54.6 Å². The monoisotopic (exact) mass is 314 g/mol. The molecule has 23 heavy (non-hydrogen) atoms. The van der Waals surface area contributed by atoms with Gasteiger partial charge in [-0.25, -0.2) is 4.39 Å². The van der Waals surface area contributed by atoms with Crippen LogP contribution in [-0.2, 0) is 22.4 Å². The summed E-state index contributed by atoms with van der Waals surface area (Å²) in [6, 6.07) is 15.8. The maximum absolute atomic E-state index is 13.4. The van der Waals surface area contributed by atoms with E-state index in [1.807, 2.05) is 30.3 Å². The largest absolute Gasteiger partial charge is 0.354 e. The van der Waals surface area contributed by atoms with Gasteiger partial charge in [0.2, 0.25) is 11.8 Å². The fourth-order valence-corrected chi connectivity index (χ4v) is 2.12. The molecule has 2 N–H and O–H groups in total. The lowest BCUT2D eigenvalue weighted by Gasteiger charge is -2.07. The van der Waals surface area contributed by atoms with E-state index in [0.29, 0.717) is 18.5 Å². The molecule has 120 valence electrons. The summed E-state index contributed by atoms with van der Waals surface area (Å²) in [7, 11) is 0. The highest BCUT2D eigenvalue weighted by molar-refractivity contribution is 5.85. The van der Waals surface area contributed by atoms with E-state index in [0.717, 1.165) is 5.56 Å². The Hall–Kier alpha value is -2.69. The second-order valence-electron chi connectivity index (χ2n) is 5.13. The number of hydrogen-bond acceptors (Lipinski definition) is 2. The first kappa shape index (κ1) is 16.7. The van der Waals surface area contributed by atoms with E-state index in [4.69, 9.17) is 0 Å². The molecule has 2 aromatic carbocycles. The third kappa shape index (κ3) is 5.90. The molecule has 2 amide bonds. The summed E-state index contributed by atoms with van der Waals surface area (Å²) in [6.45, 7) is 0.247. The van der Waals surface area contributed by atoms with Crippen LogP contribution in [-0.4, -0.2) is 24.9 Å². The minimum absolute atomic E-state index is 0.0804. The summed E-state index contributed by atoms with van der Waals surface area (Å²) in [4.78, 5) is 23.4. The molecule has 0 bridgehead atoms. The highest BCUT2D eigenvalue weighted by Crippen LogP contribution is 2.06. The Labute approximate surface area is 134 Å². The van der Waals surface area contributed by atoms with Crippen LogP contribution < -0.4 is 10.6 Å². The molecule has 0 saturated carbocycles. The maximum Gasteiger partial charge on any atom is 0.239 e. The number of carbonyl (C=O) groups is 2. The molecule has 0 fully saturated rings. The Morgan fingerprint density at radius 1 is 0.870 bits per heavy atom. The van der Waals surface area contributed by atoms with Crippen molar-refractivity contribution < 1.29 is 14.0 Å².